The monoisotopic (exact) mass is 336 g/mol. The Kier molecular flexibility index (Phi) is 2.69. The van der Waals surface area contributed by atoms with Crippen LogP contribution in [0.4, 0.5) is 0 Å². The summed E-state index contributed by atoms with van der Waals surface area (Å²) in [4.78, 5) is 0. The Bertz CT molecular complexity index is 626. The van der Waals surface area contributed by atoms with E-state index < -0.39 is 0 Å². The molecule has 0 aliphatic heterocycles. The van der Waals surface area contributed by atoms with Crippen LogP contribution in [0.15, 0.2) is 53.9 Å². The SMILES string of the molecule is Ic1ccc2scc(-c3ccccc3)c2c1. The highest BCUT2D eigenvalue weighted by molar-refractivity contribution is 14.1. The van der Waals surface area contributed by atoms with Gasteiger partial charge in [0.15, 0.2) is 0 Å². The largest absolute Gasteiger partial charge is 0.143 e. The number of hydrogen-bond acceptors (Lipinski definition) is 1. The number of hydrogen-bond donors (Lipinski definition) is 0. The summed E-state index contributed by atoms with van der Waals surface area (Å²) in [6, 6.07) is 17.2. The molecule has 78 valence electrons. The Morgan fingerprint density at radius 1 is 0.938 bits per heavy atom. The summed E-state index contributed by atoms with van der Waals surface area (Å²) in [7, 11) is 0. The second-order valence-corrected chi connectivity index (χ2v) is 5.81. The summed E-state index contributed by atoms with van der Waals surface area (Å²) in [5.74, 6) is 0. The quantitative estimate of drug-likeness (QED) is 0.538. The Morgan fingerprint density at radius 3 is 2.56 bits per heavy atom. The molecule has 0 radical (unpaired) electrons. The van der Waals surface area contributed by atoms with Crippen LogP contribution in [0.3, 0.4) is 0 Å². The van der Waals surface area contributed by atoms with Crippen molar-refractivity contribution < 1.29 is 0 Å². The van der Waals surface area contributed by atoms with E-state index in [2.05, 4.69) is 76.5 Å². The number of thiophene rings is 1. The minimum Gasteiger partial charge on any atom is -0.143 e. The molecule has 0 saturated carbocycles. The van der Waals surface area contributed by atoms with Crippen molar-refractivity contribution in [3.8, 4) is 11.1 Å². The highest BCUT2D eigenvalue weighted by atomic mass is 127. The van der Waals surface area contributed by atoms with Gasteiger partial charge in [-0.3, -0.25) is 0 Å². The van der Waals surface area contributed by atoms with Crippen LogP contribution in [0.5, 0.6) is 0 Å². The van der Waals surface area contributed by atoms with Gasteiger partial charge in [-0.05, 0) is 51.7 Å². The average molecular weight is 336 g/mol. The first-order valence-electron chi connectivity index (χ1n) is 5.07. The van der Waals surface area contributed by atoms with E-state index in [1.807, 2.05) is 11.3 Å². The molecular weight excluding hydrogens is 327 g/mol. The minimum absolute atomic E-state index is 1.29. The van der Waals surface area contributed by atoms with Crippen LogP contribution in [0.1, 0.15) is 0 Å². The third-order valence-corrected chi connectivity index (χ3v) is 4.25. The molecule has 3 rings (SSSR count). The van der Waals surface area contributed by atoms with E-state index in [-0.39, 0.29) is 0 Å². The van der Waals surface area contributed by atoms with Gasteiger partial charge in [0, 0.05) is 19.2 Å². The topological polar surface area (TPSA) is 0 Å². The fourth-order valence-corrected chi connectivity index (χ4v) is 3.28. The van der Waals surface area contributed by atoms with Crippen molar-refractivity contribution >= 4 is 44.0 Å². The van der Waals surface area contributed by atoms with Gasteiger partial charge < -0.3 is 0 Å². The molecule has 1 heterocycles. The van der Waals surface area contributed by atoms with Crippen LogP contribution in [-0.4, -0.2) is 0 Å². The van der Waals surface area contributed by atoms with Gasteiger partial charge >= 0.3 is 0 Å². The summed E-state index contributed by atoms with van der Waals surface area (Å²) in [6.45, 7) is 0. The summed E-state index contributed by atoms with van der Waals surface area (Å²) in [5, 5.41) is 3.61. The van der Waals surface area contributed by atoms with E-state index in [1.165, 1.54) is 24.8 Å². The highest BCUT2D eigenvalue weighted by Gasteiger charge is 2.05. The smallest absolute Gasteiger partial charge is 0.0349 e. The fourth-order valence-electron chi connectivity index (χ4n) is 1.84. The van der Waals surface area contributed by atoms with Crippen LogP contribution in [0, 0.1) is 3.57 Å². The third kappa shape index (κ3) is 1.76. The van der Waals surface area contributed by atoms with Gasteiger partial charge in [-0.15, -0.1) is 11.3 Å². The molecule has 0 amide bonds. The van der Waals surface area contributed by atoms with E-state index in [9.17, 15) is 0 Å². The summed E-state index contributed by atoms with van der Waals surface area (Å²) in [6.07, 6.45) is 0. The average Bonchev–Trinajstić information content (AvgIpc) is 2.73. The molecule has 0 N–H and O–H groups in total. The lowest BCUT2D eigenvalue weighted by Crippen LogP contribution is -1.75. The van der Waals surface area contributed by atoms with Gasteiger partial charge in [0.05, 0.1) is 0 Å². The molecule has 2 heteroatoms. The lowest BCUT2D eigenvalue weighted by atomic mass is 10.1. The van der Waals surface area contributed by atoms with Gasteiger partial charge in [-0.25, -0.2) is 0 Å². The lowest BCUT2D eigenvalue weighted by Gasteiger charge is -1.99. The predicted octanol–water partition coefficient (Wildman–Crippen LogP) is 5.17. The maximum Gasteiger partial charge on any atom is 0.0349 e. The molecule has 1 aromatic heterocycles. The van der Waals surface area contributed by atoms with Crippen molar-refractivity contribution in [3.05, 3.63) is 57.5 Å². The molecule has 3 aromatic rings. The van der Waals surface area contributed by atoms with Gasteiger partial charge in [0.25, 0.3) is 0 Å². The van der Waals surface area contributed by atoms with E-state index >= 15 is 0 Å². The van der Waals surface area contributed by atoms with E-state index in [0.717, 1.165) is 0 Å². The summed E-state index contributed by atoms with van der Waals surface area (Å²) >= 11 is 4.18. The first-order chi connectivity index (χ1) is 7.84. The normalized spacial score (nSPS) is 10.8. The standard InChI is InChI=1S/C14H9IS/c15-11-6-7-14-12(8-11)13(9-16-14)10-4-2-1-3-5-10/h1-9H. The molecule has 0 atom stereocenters. The maximum absolute atomic E-state index is 2.37. The molecule has 0 bridgehead atoms. The summed E-state index contributed by atoms with van der Waals surface area (Å²) < 4.78 is 2.65. The van der Waals surface area contributed by atoms with Gasteiger partial charge in [0.2, 0.25) is 0 Å². The van der Waals surface area contributed by atoms with Gasteiger partial charge in [-0.1, -0.05) is 30.3 Å². The highest BCUT2D eigenvalue weighted by Crippen LogP contribution is 2.34. The molecular formula is C14H9IS. The predicted molar refractivity (Wildman–Crippen MR) is 80.0 cm³/mol. The van der Waals surface area contributed by atoms with Crippen molar-refractivity contribution in [1.29, 1.82) is 0 Å². The van der Waals surface area contributed by atoms with Gasteiger partial charge in [0.1, 0.15) is 0 Å². The van der Waals surface area contributed by atoms with Crippen LogP contribution in [-0.2, 0) is 0 Å². The maximum atomic E-state index is 2.37. The van der Waals surface area contributed by atoms with Crippen molar-refractivity contribution in [2.45, 2.75) is 0 Å². The lowest BCUT2D eigenvalue weighted by molar-refractivity contribution is 1.68. The third-order valence-electron chi connectivity index (χ3n) is 2.62. The van der Waals surface area contributed by atoms with Crippen LogP contribution in [0.2, 0.25) is 0 Å². The van der Waals surface area contributed by atoms with Crippen molar-refractivity contribution in [3.63, 3.8) is 0 Å². The Balaban J connectivity index is 2.29. The number of benzene rings is 2. The first-order valence-corrected chi connectivity index (χ1v) is 7.02. The summed E-state index contributed by atoms with van der Waals surface area (Å²) in [5.41, 5.74) is 2.65. The van der Waals surface area contributed by atoms with Crippen molar-refractivity contribution in [1.82, 2.24) is 0 Å². The Morgan fingerprint density at radius 2 is 1.75 bits per heavy atom. The second kappa shape index (κ2) is 4.18. The first kappa shape index (κ1) is 10.3. The van der Waals surface area contributed by atoms with E-state index in [0.29, 0.717) is 0 Å². The van der Waals surface area contributed by atoms with Crippen molar-refractivity contribution in [2.24, 2.45) is 0 Å². The second-order valence-electron chi connectivity index (χ2n) is 3.66. The van der Waals surface area contributed by atoms with E-state index in [1.54, 1.807) is 0 Å². The zero-order chi connectivity index (χ0) is 11.0. The van der Waals surface area contributed by atoms with Crippen molar-refractivity contribution in [2.75, 3.05) is 0 Å². The van der Waals surface area contributed by atoms with E-state index in [4.69, 9.17) is 0 Å². The molecule has 2 aromatic carbocycles. The fraction of sp³-hybridized carbons (Fsp3) is 0. The molecule has 0 spiro atoms. The van der Waals surface area contributed by atoms with Crippen LogP contribution in [0.25, 0.3) is 21.2 Å². The molecule has 0 aliphatic rings. The molecule has 0 saturated heterocycles. The number of rotatable bonds is 1. The number of halogens is 1. The zero-order valence-electron chi connectivity index (χ0n) is 8.48. The zero-order valence-corrected chi connectivity index (χ0v) is 11.5. The molecule has 0 unspecified atom stereocenters. The molecule has 0 aliphatic carbocycles. The number of fused-ring (bicyclic) bond motifs is 1. The van der Waals surface area contributed by atoms with Gasteiger partial charge in [-0.2, -0.15) is 0 Å². The molecule has 0 nitrogen and oxygen atoms in total. The Labute approximate surface area is 112 Å². The Hall–Kier alpha value is -0.870. The molecule has 16 heavy (non-hydrogen) atoms. The molecule has 0 fully saturated rings. The van der Waals surface area contributed by atoms with Crippen LogP contribution < -0.4 is 0 Å². The van der Waals surface area contributed by atoms with Crippen LogP contribution >= 0.6 is 33.9 Å². The minimum atomic E-state index is 1.29.